The molecule has 110 valence electrons. The lowest BCUT2D eigenvalue weighted by Crippen LogP contribution is -2.38. The molecular weight excluding hydrogens is 412 g/mol. The Bertz CT molecular complexity index is 646. The summed E-state index contributed by atoms with van der Waals surface area (Å²) in [5.74, 6) is -0.0338. The van der Waals surface area contributed by atoms with Crippen molar-refractivity contribution in [3.05, 3.63) is 26.6 Å². The minimum Gasteiger partial charge on any atom is -0.352 e. The van der Waals surface area contributed by atoms with Crippen LogP contribution in [0.4, 0.5) is 0 Å². The Morgan fingerprint density at radius 3 is 2.65 bits per heavy atom. The molecule has 20 heavy (non-hydrogen) atoms. The van der Waals surface area contributed by atoms with Crippen LogP contribution in [0.3, 0.4) is 0 Å². The first kappa shape index (κ1) is 15.9. The Morgan fingerprint density at radius 1 is 1.35 bits per heavy atom. The molecule has 0 saturated carbocycles. The van der Waals surface area contributed by atoms with Gasteiger partial charge in [-0.15, -0.1) is 0 Å². The number of benzene rings is 1. The van der Waals surface area contributed by atoms with E-state index >= 15 is 0 Å². The van der Waals surface area contributed by atoms with Crippen molar-refractivity contribution in [3.63, 3.8) is 0 Å². The van der Waals surface area contributed by atoms with Gasteiger partial charge in [0.25, 0.3) is 0 Å². The zero-order valence-electron chi connectivity index (χ0n) is 10.7. The zero-order valence-corrected chi connectivity index (χ0v) is 14.7. The standard InChI is InChI=1S/C12H14Br2N2O3S/c1-7-4-10(14)11(5-9(7)13)20(18,19)15-6-8-2-3-12(17)16-8/h4-5,8,15H,2-3,6H2,1H3,(H,16,17). The first-order valence-corrected chi connectivity index (χ1v) is 9.11. The Morgan fingerprint density at radius 2 is 2.05 bits per heavy atom. The van der Waals surface area contributed by atoms with Gasteiger partial charge in [-0.25, -0.2) is 13.1 Å². The van der Waals surface area contributed by atoms with Crippen molar-refractivity contribution in [2.45, 2.75) is 30.7 Å². The van der Waals surface area contributed by atoms with Crippen LogP contribution in [0.5, 0.6) is 0 Å². The summed E-state index contributed by atoms with van der Waals surface area (Å²) in [4.78, 5) is 11.3. The first-order valence-electron chi connectivity index (χ1n) is 6.04. The lowest BCUT2D eigenvalue weighted by atomic mass is 10.2. The van der Waals surface area contributed by atoms with Crippen LogP contribution < -0.4 is 10.0 Å². The van der Waals surface area contributed by atoms with E-state index in [1.165, 1.54) is 0 Å². The highest BCUT2D eigenvalue weighted by molar-refractivity contribution is 9.11. The molecule has 1 atom stereocenters. The molecule has 2 rings (SSSR count). The topological polar surface area (TPSA) is 75.3 Å². The summed E-state index contributed by atoms with van der Waals surface area (Å²) >= 11 is 6.60. The van der Waals surface area contributed by atoms with Crippen molar-refractivity contribution in [2.24, 2.45) is 0 Å². The first-order chi connectivity index (χ1) is 9.29. The summed E-state index contributed by atoms with van der Waals surface area (Å²) in [6.45, 7) is 2.08. The van der Waals surface area contributed by atoms with E-state index < -0.39 is 10.0 Å². The summed E-state index contributed by atoms with van der Waals surface area (Å²) in [5, 5.41) is 2.73. The zero-order chi connectivity index (χ0) is 14.9. The second-order valence-corrected chi connectivity index (χ2v) is 8.13. The van der Waals surface area contributed by atoms with E-state index in [4.69, 9.17) is 0 Å². The second-order valence-electron chi connectivity index (χ2n) is 4.69. The third kappa shape index (κ3) is 3.60. The molecule has 0 spiro atoms. The van der Waals surface area contributed by atoms with Crippen molar-refractivity contribution >= 4 is 47.8 Å². The van der Waals surface area contributed by atoms with Gasteiger partial charge in [-0.2, -0.15) is 0 Å². The molecule has 1 unspecified atom stereocenters. The van der Waals surface area contributed by atoms with Gasteiger partial charge >= 0.3 is 0 Å². The number of aryl methyl sites for hydroxylation is 1. The smallest absolute Gasteiger partial charge is 0.241 e. The van der Waals surface area contributed by atoms with Crippen molar-refractivity contribution in [1.29, 1.82) is 0 Å². The second kappa shape index (κ2) is 6.13. The van der Waals surface area contributed by atoms with Crippen LogP contribution in [-0.4, -0.2) is 26.9 Å². The molecule has 0 bridgehead atoms. The number of amides is 1. The summed E-state index contributed by atoms with van der Waals surface area (Å²) < 4.78 is 28.3. The van der Waals surface area contributed by atoms with E-state index in [1.807, 2.05) is 6.92 Å². The molecule has 1 aromatic carbocycles. The average Bonchev–Trinajstić information content (AvgIpc) is 2.77. The maximum absolute atomic E-state index is 12.3. The molecule has 0 aromatic heterocycles. The number of carbonyl (C=O) groups excluding carboxylic acids is 1. The predicted molar refractivity (Wildman–Crippen MR) is 82.9 cm³/mol. The van der Waals surface area contributed by atoms with Crippen LogP contribution in [0.25, 0.3) is 0 Å². The van der Waals surface area contributed by atoms with Crippen LogP contribution in [0.15, 0.2) is 26.0 Å². The molecule has 1 aromatic rings. The van der Waals surface area contributed by atoms with Gasteiger partial charge in [0.1, 0.15) is 0 Å². The van der Waals surface area contributed by atoms with Gasteiger partial charge in [-0.1, -0.05) is 15.9 Å². The highest BCUT2D eigenvalue weighted by atomic mass is 79.9. The Kier molecular flexibility index (Phi) is 4.88. The highest BCUT2D eigenvalue weighted by Gasteiger charge is 2.24. The average molecular weight is 426 g/mol. The molecule has 2 N–H and O–H groups in total. The number of sulfonamides is 1. The van der Waals surface area contributed by atoms with E-state index in [1.54, 1.807) is 12.1 Å². The molecule has 1 heterocycles. The third-order valence-corrected chi connectivity index (χ3v) is 6.34. The number of hydrogen-bond acceptors (Lipinski definition) is 3. The molecular formula is C12H14Br2N2O3S. The molecule has 1 saturated heterocycles. The Balaban J connectivity index is 2.14. The van der Waals surface area contributed by atoms with Gasteiger partial charge in [0.2, 0.25) is 15.9 Å². The number of halogens is 2. The van der Waals surface area contributed by atoms with Gasteiger partial charge in [-0.3, -0.25) is 4.79 Å². The normalized spacial score (nSPS) is 19.1. The molecule has 0 aliphatic carbocycles. The summed E-state index contributed by atoms with van der Waals surface area (Å²) in [7, 11) is -3.61. The van der Waals surface area contributed by atoms with Gasteiger partial charge in [0.05, 0.1) is 4.90 Å². The quantitative estimate of drug-likeness (QED) is 0.775. The fourth-order valence-corrected chi connectivity index (χ4v) is 4.71. The number of nitrogens with one attached hydrogen (secondary N) is 2. The number of hydrogen-bond donors (Lipinski definition) is 2. The molecule has 1 aliphatic heterocycles. The van der Waals surface area contributed by atoms with Gasteiger partial charge in [-0.05, 0) is 47.0 Å². The summed E-state index contributed by atoms with van der Waals surface area (Å²) in [6, 6.07) is 3.18. The Labute approximate surface area is 134 Å². The van der Waals surface area contributed by atoms with Gasteiger partial charge in [0, 0.05) is 28.0 Å². The minimum absolute atomic E-state index is 0.0338. The monoisotopic (exact) mass is 424 g/mol. The fourth-order valence-electron chi connectivity index (χ4n) is 1.95. The molecule has 8 heteroatoms. The van der Waals surface area contributed by atoms with Crippen LogP contribution in [-0.2, 0) is 14.8 Å². The summed E-state index contributed by atoms with van der Waals surface area (Å²) in [6.07, 6.45) is 1.10. The van der Waals surface area contributed by atoms with Crippen LogP contribution in [0.1, 0.15) is 18.4 Å². The van der Waals surface area contributed by atoms with Crippen LogP contribution >= 0.6 is 31.9 Å². The van der Waals surface area contributed by atoms with E-state index in [2.05, 4.69) is 41.9 Å². The SMILES string of the molecule is Cc1cc(Br)c(S(=O)(=O)NCC2CCC(=O)N2)cc1Br. The summed E-state index contributed by atoms with van der Waals surface area (Å²) in [5.41, 5.74) is 0.943. The minimum atomic E-state index is -3.61. The largest absolute Gasteiger partial charge is 0.352 e. The highest BCUT2D eigenvalue weighted by Crippen LogP contribution is 2.28. The lowest BCUT2D eigenvalue weighted by molar-refractivity contribution is -0.119. The third-order valence-electron chi connectivity index (χ3n) is 3.11. The Hall–Kier alpha value is -0.440. The maximum atomic E-state index is 12.3. The van der Waals surface area contributed by atoms with Crippen molar-refractivity contribution in [2.75, 3.05) is 6.54 Å². The maximum Gasteiger partial charge on any atom is 0.241 e. The molecule has 5 nitrogen and oxygen atoms in total. The molecule has 1 amide bonds. The van der Waals surface area contributed by atoms with E-state index in [-0.39, 0.29) is 23.4 Å². The van der Waals surface area contributed by atoms with E-state index in [0.717, 1.165) is 10.0 Å². The van der Waals surface area contributed by atoms with E-state index in [0.29, 0.717) is 17.3 Å². The van der Waals surface area contributed by atoms with Gasteiger partial charge < -0.3 is 5.32 Å². The van der Waals surface area contributed by atoms with Gasteiger partial charge in [0.15, 0.2) is 0 Å². The van der Waals surface area contributed by atoms with Crippen molar-refractivity contribution in [1.82, 2.24) is 10.0 Å². The van der Waals surface area contributed by atoms with Crippen molar-refractivity contribution in [3.8, 4) is 0 Å². The molecule has 1 aliphatic rings. The number of carbonyl (C=O) groups is 1. The fraction of sp³-hybridized carbons (Fsp3) is 0.417. The number of rotatable bonds is 4. The molecule has 0 radical (unpaired) electrons. The van der Waals surface area contributed by atoms with Crippen LogP contribution in [0, 0.1) is 6.92 Å². The van der Waals surface area contributed by atoms with Crippen LogP contribution in [0.2, 0.25) is 0 Å². The molecule has 1 fully saturated rings. The lowest BCUT2D eigenvalue weighted by Gasteiger charge is -2.13. The predicted octanol–water partition coefficient (Wildman–Crippen LogP) is 2.08. The van der Waals surface area contributed by atoms with E-state index in [9.17, 15) is 13.2 Å². The van der Waals surface area contributed by atoms with Crippen molar-refractivity contribution < 1.29 is 13.2 Å².